The Morgan fingerprint density at radius 3 is 1.06 bits per heavy atom. The summed E-state index contributed by atoms with van der Waals surface area (Å²) < 4.78 is -0.406. The van der Waals surface area contributed by atoms with Crippen molar-refractivity contribution in [1.82, 2.24) is 0 Å². The molecule has 280 valence electrons. The number of hydrogen-bond donors (Lipinski definition) is 4. The van der Waals surface area contributed by atoms with Crippen LogP contribution in [-0.4, -0.2) is 155 Å². The van der Waals surface area contributed by atoms with Crippen LogP contribution in [0.1, 0.15) is 119 Å². The Kier molecular flexibility index (Phi) is 31.9. The molecule has 0 saturated carbocycles. The predicted octanol–water partition coefficient (Wildman–Crippen LogP) is 2.27. The van der Waals surface area contributed by atoms with Crippen LogP contribution in [0, 0.1) is 0 Å². The number of carbonyl (C=O) groups excluding carboxylic acids is 2. The first-order valence-electron chi connectivity index (χ1n) is 17.9. The monoisotopic (exact) mass is 726 g/mol. The smallest absolute Gasteiger partial charge is 0.544 e. The van der Waals surface area contributed by atoms with E-state index < -0.39 is 48.0 Å². The molecular weight excluding hydrogens is 660 g/mol. The summed E-state index contributed by atoms with van der Waals surface area (Å²) in [4.78, 5) is 46.8. The number of unbranched alkanes of at least 4 members (excludes halogenated alkanes) is 6. The van der Waals surface area contributed by atoms with Gasteiger partial charge >= 0.3 is 49.7 Å². The summed E-state index contributed by atoms with van der Waals surface area (Å²) in [5, 5.41) is 61.4. The summed E-state index contributed by atoms with van der Waals surface area (Å²) >= 11 is 0. The minimum absolute atomic E-state index is 0. The molecule has 4 N–H and O–H groups in total. The second-order valence-corrected chi connectivity index (χ2v) is 12.4. The fourth-order valence-electron chi connectivity index (χ4n) is 6.92. The molecule has 49 heavy (non-hydrogen) atoms. The summed E-state index contributed by atoms with van der Waals surface area (Å²) in [6, 6.07) is -3.70. The van der Waals surface area contributed by atoms with E-state index in [1.807, 2.05) is 24.3 Å². The molecule has 0 aliphatic heterocycles. The van der Waals surface area contributed by atoms with Crippen LogP contribution in [0.3, 0.4) is 0 Å². The van der Waals surface area contributed by atoms with Gasteiger partial charge in [-0.05, 0) is 37.8 Å². The number of carboxylic acid groups (broad SMARTS) is 4. The molecule has 0 aromatic rings. The Labute approximate surface area is 325 Å². The zero-order valence-corrected chi connectivity index (χ0v) is 33.4. The van der Waals surface area contributed by atoms with Crippen LogP contribution in [0.25, 0.3) is 0 Å². The van der Waals surface area contributed by atoms with E-state index in [-0.39, 0.29) is 98.9 Å². The van der Waals surface area contributed by atoms with Crippen LogP contribution in [0.2, 0.25) is 0 Å². The number of carboxylic acids is 4. The Balaban J connectivity index is -0.000000846. The van der Waals surface area contributed by atoms with Crippen molar-refractivity contribution in [2.75, 3.05) is 39.4 Å². The van der Waals surface area contributed by atoms with Gasteiger partial charge in [0, 0.05) is 25.7 Å². The molecule has 6 atom stereocenters. The molecule has 0 radical (unpaired) electrons. The maximum atomic E-state index is 11.7. The van der Waals surface area contributed by atoms with Crippen molar-refractivity contribution in [3.8, 4) is 0 Å². The van der Waals surface area contributed by atoms with Crippen LogP contribution >= 0.6 is 0 Å². The number of hydrogen-bond acceptors (Lipinski definition) is 8. The molecule has 0 saturated heterocycles. The first kappa shape index (κ1) is 51.8. The largest absolute Gasteiger partial charge is 2.00 e. The second kappa shape index (κ2) is 30.1. The normalized spacial score (nSPS) is 16.3. The average Bonchev–Trinajstić information content (AvgIpc) is 3.01. The van der Waals surface area contributed by atoms with E-state index in [2.05, 4.69) is 13.8 Å². The van der Waals surface area contributed by atoms with Gasteiger partial charge in [-0.25, -0.2) is 9.59 Å². The quantitative estimate of drug-likeness (QED) is 0.0402. The van der Waals surface area contributed by atoms with Crippen molar-refractivity contribution < 1.29 is 58.8 Å². The van der Waals surface area contributed by atoms with Crippen LogP contribution in [-0.2, 0) is 19.2 Å². The van der Waals surface area contributed by atoms with E-state index in [4.69, 9.17) is 0 Å². The van der Waals surface area contributed by atoms with E-state index in [9.17, 15) is 49.8 Å². The van der Waals surface area contributed by atoms with E-state index >= 15 is 0 Å². The molecule has 0 heterocycles. The molecule has 0 aromatic carbocycles. The fourth-order valence-corrected chi connectivity index (χ4v) is 6.92. The van der Waals surface area contributed by atoms with Crippen molar-refractivity contribution in [1.29, 1.82) is 0 Å². The first-order chi connectivity index (χ1) is 22.8. The molecule has 13 heteroatoms. The summed E-state index contributed by atoms with van der Waals surface area (Å²) in [7, 11) is 0. The van der Waals surface area contributed by atoms with Gasteiger partial charge in [-0.2, -0.15) is 0 Å². The standard InChI is InChI=1S/2C18H33NO5.Ca/c2*1-4-7-8-9-10-11-12-19(13-14-20,15(5-2)17(21)22)16(6-3)18(23)24;/h2*10-11,15-16,20H,4-9,12-14H2,1-3H3,(H-,21,22,23,24);/q;;+2/b2*11-10+;. The number of quaternary nitrogens is 2. The van der Waals surface area contributed by atoms with Gasteiger partial charge in [-0.3, -0.25) is 8.97 Å². The molecule has 0 aliphatic carbocycles. The minimum Gasteiger partial charge on any atom is -0.544 e. The Bertz CT molecular complexity index is 855. The van der Waals surface area contributed by atoms with Crippen LogP contribution in [0.15, 0.2) is 24.3 Å². The van der Waals surface area contributed by atoms with Crippen molar-refractivity contribution in [2.24, 2.45) is 0 Å². The van der Waals surface area contributed by atoms with Crippen LogP contribution in [0.5, 0.6) is 0 Å². The number of aliphatic carboxylic acids is 4. The third-order valence-corrected chi connectivity index (χ3v) is 9.35. The molecule has 0 spiro atoms. The molecule has 0 rings (SSSR count). The number of aliphatic hydroxyl groups excluding tert-OH is 2. The molecule has 12 nitrogen and oxygen atoms in total. The zero-order chi connectivity index (χ0) is 37.2. The zero-order valence-electron chi connectivity index (χ0n) is 31.2. The molecule has 0 aromatic heterocycles. The fraction of sp³-hybridized carbons (Fsp3) is 0.778. The third-order valence-electron chi connectivity index (χ3n) is 9.35. The van der Waals surface area contributed by atoms with E-state index in [1.165, 1.54) is 0 Å². The summed E-state index contributed by atoms with van der Waals surface area (Å²) in [5.74, 6) is -4.59. The first-order valence-corrected chi connectivity index (χ1v) is 17.9. The summed E-state index contributed by atoms with van der Waals surface area (Å²) in [6.45, 7) is 11.3. The molecule has 0 amide bonds. The van der Waals surface area contributed by atoms with Gasteiger partial charge < -0.3 is 40.2 Å². The van der Waals surface area contributed by atoms with Crippen molar-refractivity contribution in [2.45, 2.75) is 143 Å². The van der Waals surface area contributed by atoms with Gasteiger partial charge in [0.1, 0.15) is 25.2 Å². The van der Waals surface area contributed by atoms with Gasteiger partial charge in [0.2, 0.25) is 0 Å². The van der Waals surface area contributed by atoms with Crippen LogP contribution in [0.4, 0.5) is 0 Å². The van der Waals surface area contributed by atoms with E-state index in [1.54, 1.807) is 27.7 Å². The number of carbonyl (C=O) groups is 4. The van der Waals surface area contributed by atoms with Crippen LogP contribution < -0.4 is 10.2 Å². The number of rotatable bonds is 28. The van der Waals surface area contributed by atoms with Gasteiger partial charge in [0.05, 0.1) is 38.2 Å². The van der Waals surface area contributed by atoms with Crippen molar-refractivity contribution >= 4 is 61.6 Å². The van der Waals surface area contributed by atoms with Crippen molar-refractivity contribution in [3.63, 3.8) is 0 Å². The maximum Gasteiger partial charge on any atom is 2.00 e. The third kappa shape index (κ3) is 17.5. The van der Waals surface area contributed by atoms with E-state index in [0.29, 0.717) is 12.8 Å². The van der Waals surface area contributed by atoms with Crippen molar-refractivity contribution in [3.05, 3.63) is 24.3 Å². The molecule has 6 unspecified atom stereocenters. The summed E-state index contributed by atoms with van der Waals surface area (Å²) in [6.07, 6.45) is 17.2. The summed E-state index contributed by atoms with van der Waals surface area (Å²) in [5.41, 5.74) is 0. The van der Waals surface area contributed by atoms with Gasteiger partial charge in [-0.15, -0.1) is 0 Å². The maximum absolute atomic E-state index is 11.7. The second-order valence-electron chi connectivity index (χ2n) is 12.4. The molecule has 0 bridgehead atoms. The number of aliphatic hydroxyl groups is 2. The number of allylic oxidation sites excluding steroid dienone is 2. The predicted molar refractivity (Wildman–Crippen MR) is 188 cm³/mol. The van der Waals surface area contributed by atoms with Gasteiger partial charge in [0.15, 0.2) is 12.1 Å². The SMILES string of the molecule is CCCCC/C=C/C[N+](CCO)(C(CC)C(=O)[O-])C(CC)C(=O)O.CCCCC/C=C/C[N+](CCO)(C(CC)C(=O)[O-])C(CC)C(=O)O.[Ca+2]. The Morgan fingerprint density at radius 2 is 0.857 bits per heavy atom. The number of nitrogens with zero attached hydrogens (tertiary/aromatic N) is 2. The van der Waals surface area contributed by atoms with Gasteiger partial charge in [-0.1, -0.05) is 79.4 Å². The molecule has 0 aliphatic rings. The topological polar surface area (TPSA) is 195 Å². The average molecular weight is 727 g/mol. The Morgan fingerprint density at radius 1 is 0.551 bits per heavy atom. The van der Waals surface area contributed by atoms with Gasteiger partial charge in [0.25, 0.3) is 0 Å². The Hall–Kier alpha value is -1.54. The van der Waals surface area contributed by atoms with E-state index in [0.717, 1.165) is 51.4 Å². The molecular formula is C36H66CaN2O10+2. The molecule has 0 fully saturated rings. The minimum atomic E-state index is -1.26.